The van der Waals surface area contributed by atoms with Gasteiger partial charge in [-0.2, -0.15) is 0 Å². The van der Waals surface area contributed by atoms with Crippen LogP contribution in [-0.4, -0.2) is 28.7 Å². The Morgan fingerprint density at radius 3 is 2.04 bits per heavy atom. The molecule has 0 spiro atoms. The predicted molar refractivity (Wildman–Crippen MR) is 91.2 cm³/mol. The number of benzene rings is 1. The molecule has 3 rings (SSSR count). The second kappa shape index (κ2) is 6.23. The highest BCUT2D eigenvalue weighted by Crippen LogP contribution is 2.36. The maximum absolute atomic E-state index is 12.5. The number of nitrogens with one attached hydrogen (secondary N) is 1. The highest BCUT2D eigenvalue weighted by molar-refractivity contribution is 6.10. The summed E-state index contributed by atoms with van der Waals surface area (Å²) in [7, 11) is 0. The number of amides is 3. The van der Waals surface area contributed by atoms with E-state index >= 15 is 0 Å². The molecule has 3 amide bonds. The Hall–Kier alpha value is -2.43. The Kier molecular flexibility index (Phi) is 4.26. The summed E-state index contributed by atoms with van der Waals surface area (Å²) < 4.78 is 0. The van der Waals surface area contributed by atoms with Gasteiger partial charge in [0, 0.05) is 5.69 Å². The van der Waals surface area contributed by atoms with E-state index in [-0.39, 0.29) is 29.6 Å². The second-order valence-electron chi connectivity index (χ2n) is 6.74. The minimum absolute atomic E-state index is 0.225. The number of fused-ring (bicyclic) bond motifs is 1. The molecular weight excluding hydrogens is 304 g/mol. The van der Waals surface area contributed by atoms with E-state index < -0.39 is 6.04 Å². The number of likely N-dealkylation sites (tertiary alicyclic amines) is 1. The van der Waals surface area contributed by atoms with Crippen molar-refractivity contribution in [3.8, 4) is 0 Å². The van der Waals surface area contributed by atoms with Crippen LogP contribution < -0.4 is 5.32 Å². The summed E-state index contributed by atoms with van der Waals surface area (Å²) in [6, 6.07) is 4.95. The Morgan fingerprint density at radius 2 is 1.54 bits per heavy atom. The van der Waals surface area contributed by atoms with Crippen LogP contribution in [-0.2, 0) is 14.4 Å². The first-order valence-electron chi connectivity index (χ1n) is 8.29. The molecule has 1 aromatic carbocycles. The van der Waals surface area contributed by atoms with Crippen LogP contribution in [0.5, 0.6) is 0 Å². The van der Waals surface area contributed by atoms with Gasteiger partial charge in [-0.05, 0) is 56.9 Å². The largest absolute Gasteiger partial charge is 0.324 e. The average molecular weight is 326 g/mol. The van der Waals surface area contributed by atoms with Gasteiger partial charge in [0.25, 0.3) is 0 Å². The first kappa shape index (κ1) is 16.4. The second-order valence-corrected chi connectivity index (χ2v) is 6.74. The lowest BCUT2D eigenvalue weighted by Crippen LogP contribution is -2.46. The number of carbonyl (C=O) groups is 3. The fourth-order valence-electron chi connectivity index (χ4n) is 3.62. The van der Waals surface area contributed by atoms with Crippen LogP contribution in [0.1, 0.15) is 30.9 Å². The van der Waals surface area contributed by atoms with E-state index in [0.717, 1.165) is 16.0 Å². The van der Waals surface area contributed by atoms with E-state index in [2.05, 4.69) is 5.32 Å². The summed E-state index contributed by atoms with van der Waals surface area (Å²) in [6.07, 6.45) is 5.04. The third kappa shape index (κ3) is 2.86. The molecule has 5 nitrogen and oxygen atoms in total. The van der Waals surface area contributed by atoms with Gasteiger partial charge in [-0.15, -0.1) is 0 Å². The molecule has 1 aromatic rings. The van der Waals surface area contributed by atoms with Crippen molar-refractivity contribution in [2.45, 2.75) is 39.7 Å². The normalized spacial score (nSPS) is 24.0. The van der Waals surface area contributed by atoms with Crippen molar-refractivity contribution in [2.75, 3.05) is 5.32 Å². The first-order valence-corrected chi connectivity index (χ1v) is 8.29. The lowest BCUT2D eigenvalue weighted by molar-refractivity contribution is -0.146. The van der Waals surface area contributed by atoms with Gasteiger partial charge in [0.15, 0.2) is 0 Å². The number of rotatable bonds is 3. The molecule has 1 N–H and O–H groups in total. The van der Waals surface area contributed by atoms with Crippen molar-refractivity contribution < 1.29 is 14.4 Å². The maximum Gasteiger partial charge on any atom is 0.247 e. The molecule has 3 atom stereocenters. The molecule has 2 aliphatic rings. The lowest BCUT2D eigenvalue weighted by Gasteiger charge is -2.22. The standard InChI is InChI=1S/C19H22N2O3/c1-11-8-12(2)10-14(9-11)20-17(22)13(3)21-18(23)15-6-4-5-7-16(15)19(21)24/h4-5,8-10,13,15-16H,6-7H2,1-3H3,(H,20,22)/t13-,15+,16+/m0/s1. The van der Waals surface area contributed by atoms with Crippen LogP contribution in [0.15, 0.2) is 30.4 Å². The minimum Gasteiger partial charge on any atom is -0.324 e. The molecule has 24 heavy (non-hydrogen) atoms. The topological polar surface area (TPSA) is 66.5 Å². The summed E-state index contributed by atoms with van der Waals surface area (Å²) in [6.45, 7) is 5.52. The van der Waals surface area contributed by atoms with Crippen molar-refractivity contribution in [1.29, 1.82) is 0 Å². The Balaban J connectivity index is 1.76. The van der Waals surface area contributed by atoms with E-state index in [4.69, 9.17) is 0 Å². The molecule has 1 aliphatic heterocycles. The van der Waals surface area contributed by atoms with Crippen molar-refractivity contribution in [1.82, 2.24) is 4.90 Å². The van der Waals surface area contributed by atoms with Gasteiger partial charge in [-0.1, -0.05) is 18.2 Å². The molecule has 126 valence electrons. The van der Waals surface area contributed by atoms with Crippen LogP contribution in [0.25, 0.3) is 0 Å². The number of nitrogens with zero attached hydrogens (tertiary/aromatic N) is 1. The summed E-state index contributed by atoms with van der Waals surface area (Å²) in [5, 5.41) is 2.82. The van der Waals surface area contributed by atoms with Gasteiger partial charge in [-0.3, -0.25) is 19.3 Å². The third-order valence-electron chi connectivity index (χ3n) is 4.80. The zero-order chi connectivity index (χ0) is 17.4. The van der Waals surface area contributed by atoms with E-state index in [1.165, 1.54) is 0 Å². The summed E-state index contributed by atoms with van der Waals surface area (Å²) in [4.78, 5) is 38.8. The van der Waals surface area contributed by atoms with Gasteiger partial charge < -0.3 is 5.32 Å². The molecule has 0 saturated carbocycles. The number of hydrogen-bond acceptors (Lipinski definition) is 3. The van der Waals surface area contributed by atoms with Gasteiger partial charge >= 0.3 is 0 Å². The highest BCUT2D eigenvalue weighted by atomic mass is 16.2. The number of imide groups is 1. The fourth-order valence-corrected chi connectivity index (χ4v) is 3.62. The van der Waals surface area contributed by atoms with Crippen LogP contribution in [0.2, 0.25) is 0 Å². The van der Waals surface area contributed by atoms with Gasteiger partial charge in [-0.25, -0.2) is 0 Å². The van der Waals surface area contributed by atoms with Crippen molar-refractivity contribution in [3.05, 3.63) is 41.5 Å². The van der Waals surface area contributed by atoms with Crippen LogP contribution >= 0.6 is 0 Å². The molecule has 1 aliphatic carbocycles. The Bertz CT molecular complexity index is 692. The number of allylic oxidation sites excluding steroid dienone is 2. The number of anilines is 1. The quantitative estimate of drug-likeness (QED) is 0.686. The summed E-state index contributed by atoms with van der Waals surface area (Å²) in [5.41, 5.74) is 2.77. The number of aryl methyl sites for hydroxylation is 2. The molecule has 1 fully saturated rings. The molecule has 0 unspecified atom stereocenters. The van der Waals surface area contributed by atoms with Gasteiger partial charge in [0.2, 0.25) is 17.7 Å². The van der Waals surface area contributed by atoms with E-state index in [9.17, 15) is 14.4 Å². The molecular formula is C19H22N2O3. The minimum atomic E-state index is -0.809. The predicted octanol–water partition coefficient (Wildman–Crippen LogP) is 2.58. The summed E-state index contributed by atoms with van der Waals surface area (Å²) >= 11 is 0. The first-order chi connectivity index (χ1) is 11.4. The summed E-state index contributed by atoms with van der Waals surface area (Å²) in [5.74, 6) is -1.40. The van der Waals surface area contributed by atoms with Crippen molar-refractivity contribution in [2.24, 2.45) is 11.8 Å². The Morgan fingerprint density at radius 1 is 1.04 bits per heavy atom. The molecule has 0 radical (unpaired) electrons. The lowest BCUT2D eigenvalue weighted by atomic mass is 9.85. The smallest absolute Gasteiger partial charge is 0.247 e. The average Bonchev–Trinajstić information content (AvgIpc) is 2.77. The molecule has 1 heterocycles. The van der Waals surface area contributed by atoms with Crippen molar-refractivity contribution >= 4 is 23.4 Å². The molecule has 1 saturated heterocycles. The van der Waals surface area contributed by atoms with E-state index in [1.807, 2.05) is 44.2 Å². The maximum atomic E-state index is 12.5. The van der Waals surface area contributed by atoms with Crippen LogP contribution in [0, 0.1) is 25.7 Å². The molecule has 0 bridgehead atoms. The van der Waals surface area contributed by atoms with Crippen LogP contribution in [0.4, 0.5) is 5.69 Å². The zero-order valence-electron chi connectivity index (χ0n) is 14.2. The van der Waals surface area contributed by atoms with Gasteiger partial charge in [0.05, 0.1) is 11.8 Å². The SMILES string of the molecule is Cc1cc(C)cc(NC(=O)[C@H](C)N2C(=O)[C@@H]3CC=CC[C@H]3C2=O)c1. The monoisotopic (exact) mass is 326 g/mol. The fraction of sp³-hybridized carbons (Fsp3) is 0.421. The van der Waals surface area contributed by atoms with Crippen LogP contribution in [0.3, 0.4) is 0 Å². The zero-order valence-corrected chi connectivity index (χ0v) is 14.2. The van der Waals surface area contributed by atoms with Crippen molar-refractivity contribution in [3.63, 3.8) is 0 Å². The molecule has 0 aromatic heterocycles. The van der Waals surface area contributed by atoms with E-state index in [0.29, 0.717) is 18.5 Å². The highest BCUT2D eigenvalue weighted by Gasteiger charge is 2.50. The number of carbonyl (C=O) groups excluding carboxylic acids is 3. The third-order valence-corrected chi connectivity index (χ3v) is 4.80. The number of hydrogen-bond donors (Lipinski definition) is 1. The Labute approximate surface area is 141 Å². The van der Waals surface area contributed by atoms with Gasteiger partial charge in [0.1, 0.15) is 6.04 Å². The van der Waals surface area contributed by atoms with E-state index in [1.54, 1.807) is 6.92 Å². The molecule has 5 heteroatoms.